The van der Waals surface area contributed by atoms with Gasteiger partial charge in [0, 0.05) is 11.8 Å². The zero-order valence-corrected chi connectivity index (χ0v) is 6.69. The van der Waals surface area contributed by atoms with E-state index in [0.717, 1.165) is 0 Å². The minimum atomic E-state index is -1.61. The van der Waals surface area contributed by atoms with Crippen LogP contribution in [0.5, 0.6) is 0 Å². The highest BCUT2D eigenvalue weighted by atomic mass is 35.5. The molecule has 1 N–H and O–H groups in total. The summed E-state index contributed by atoms with van der Waals surface area (Å²) in [5, 5.41) is 8.06. The molecule has 0 aromatic rings. The average molecular weight is 206 g/mol. The molecule has 0 aromatic carbocycles. The lowest BCUT2D eigenvalue weighted by Crippen LogP contribution is -2.30. The molecule has 10 heavy (non-hydrogen) atoms. The number of hydrogen-bond acceptors (Lipinski definition) is 2. The minimum absolute atomic E-state index is 0.106. The van der Waals surface area contributed by atoms with Crippen LogP contribution >= 0.6 is 35.0 Å². The third-order valence-corrected chi connectivity index (χ3v) is 1.23. The van der Waals surface area contributed by atoms with E-state index in [4.69, 9.17) is 40.1 Å². The predicted molar refractivity (Wildman–Crippen MR) is 36.2 cm³/mol. The van der Waals surface area contributed by atoms with Crippen molar-refractivity contribution in [3.63, 3.8) is 0 Å². The number of carboxylic acid groups (broad SMARTS) is 1. The number of imide groups is 1. The number of alkyl halides is 2. The van der Waals surface area contributed by atoms with Crippen molar-refractivity contribution in [3.8, 4) is 0 Å². The summed E-state index contributed by atoms with van der Waals surface area (Å²) in [6.07, 6.45) is -1.61. The molecule has 0 fully saturated rings. The van der Waals surface area contributed by atoms with Crippen LogP contribution in [0.4, 0.5) is 4.79 Å². The summed E-state index contributed by atoms with van der Waals surface area (Å²) in [6, 6.07) is 0. The van der Waals surface area contributed by atoms with Gasteiger partial charge >= 0.3 is 6.09 Å². The first-order valence-corrected chi connectivity index (χ1v) is 3.18. The molecule has 0 bridgehead atoms. The van der Waals surface area contributed by atoms with Crippen LogP contribution in [0.15, 0.2) is 0 Å². The summed E-state index contributed by atoms with van der Waals surface area (Å²) in [5.74, 6) is -1.09. The first kappa shape index (κ1) is 9.81. The van der Waals surface area contributed by atoms with E-state index >= 15 is 0 Å². The van der Waals surface area contributed by atoms with Crippen LogP contribution in [0.3, 0.4) is 0 Å². The van der Waals surface area contributed by atoms with Crippen molar-refractivity contribution in [1.29, 1.82) is 0 Å². The summed E-state index contributed by atoms with van der Waals surface area (Å²) in [7, 11) is 0. The zero-order chi connectivity index (χ0) is 8.31. The molecule has 0 saturated heterocycles. The van der Waals surface area contributed by atoms with E-state index < -0.39 is 16.8 Å². The Bertz CT molecular complexity index is 159. The standard InChI is InChI=1S/C3H2Cl3NO3/c4-1(5)2(8)7(6)3(9)10/h1H,(H,9,10). The molecule has 0 atom stereocenters. The third kappa shape index (κ3) is 2.60. The fourth-order valence-corrected chi connectivity index (χ4v) is 0.573. The van der Waals surface area contributed by atoms with Gasteiger partial charge in [-0.05, 0) is 0 Å². The molecule has 58 valence electrons. The normalized spacial score (nSPS) is 9.60. The summed E-state index contributed by atoms with van der Waals surface area (Å²) in [4.78, 5) is 18.9. The van der Waals surface area contributed by atoms with Crippen molar-refractivity contribution in [1.82, 2.24) is 4.42 Å². The van der Waals surface area contributed by atoms with Gasteiger partial charge in [-0.1, -0.05) is 23.2 Å². The molecule has 0 aliphatic heterocycles. The molecule has 0 unspecified atom stereocenters. The number of hydrogen-bond donors (Lipinski definition) is 1. The number of amides is 2. The van der Waals surface area contributed by atoms with E-state index in [1.807, 2.05) is 0 Å². The minimum Gasteiger partial charge on any atom is -0.464 e. The van der Waals surface area contributed by atoms with Crippen molar-refractivity contribution in [3.05, 3.63) is 0 Å². The van der Waals surface area contributed by atoms with Gasteiger partial charge in [-0.2, -0.15) is 4.42 Å². The Morgan fingerprint density at radius 3 is 1.90 bits per heavy atom. The molecule has 2 amide bonds. The van der Waals surface area contributed by atoms with Crippen molar-refractivity contribution in [2.75, 3.05) is 0 Å². The Hall–Kier alpha value is -0.190. The van der Waals surface area contributed by atoms with Crippen molar-refractivity contribution in [2.45, 2.75) is 4.84 Å². The van der Waals surface area contributed by atoms with Crippen LogP contribution in [-0.4, -0.2) is 26.4 Å². The first-order chi connectivity index (χ1) is 4.46. The second kappa shape index (κ2) is 3.85. The lowest BCUT2D eigenvalue weighted by molar-refractivity contribution is -0.123. The maximum atomic E-state index is 10.4. The largest absolute Gasteiger partial charge is 0.464 e. The molecule has 0 rings (SSSR count). The summed E-state index contributed by atoms with van der Waals surface area (Å²) < 4.78 is -0.106. The fourth-order valence-electron chi connectivity index (χ4n) is 0.180. The van der Waals surface area contributed by atoms with E-state index in [9.17, 15) is 9.59 Å². The van der Waals surface area contributed by atoms with Crippen molar-refractivity contribution in [2.24, 2.45) is 0 Å². The van der Waals surface area contributed by atoms with Gasteiger partial charge in [0.05, 0.1) is 0 Å². The lowest BCUT2D eigenvalue weighted by Gasteiger charge is -2.06. The van der Waals surface area contributed by atoms with Crippen LogP contribution in [0, 0.1) is 0 Å². The summed E-state index contributed by atoms with van der Waals surface area (Å²) in [6.45, 7) is 0. The van der Waals surface area contributed by atoms with Gasteiger partial charge in [0.25, 0.3) is 5.91 Å². The topological polar surface area (TPSA) is 57.6 Å². The van der Waals surface area contributed by atoms with Gasteiger partial charge < -0.3 is 5.11 Å². The lowest BCUT2D eigenvalue weighted by atomic mass is 10.7. The molecule has 0 heterocycles. The van der Waals surface area contributed by atoms with Crippen LogP contribution in [0.25, 0.3) is 0 Å². The Morgan fingerprint density at radius 1 is 1.40 bits per heavy atom. The number of rotatable bonds is 1. The quantitative estimate of drug-likeness (QED) is 0.522. The summed E-state index contributed by atoms with van der Waals surface area (Å²) >= 11 is 14.9. The highest BCUT2D eigenvalue weighted by Crippen LogP contribution is 2.08. The van der Waals surface area contributed by atoms with Crippen molar-refractivity contribution < 1.29 is 14.7 Å². The first-order valence-electron chi connectivity index (χ1n) is 1.97. The molecule has 0 aliphatic carbocycles. The van der Waals surface area contributed by atoms with E-state index in [1.54, 1.807) is 0 Å². The Kier molecular flexibility index (Phi) is 3.78. The molecule has 7 heteroatoms. The maximum Gasteiger partial charge on any atom is 0.429 e. The molecule has 4 nitrogen and oxygen atoms in total. The Balaban J connectivity index is 4.08. The third-order valence-electron chi connectivity index (χ3n) is 0.548. The van der Waals surface area contributed by atoms with E-state index in [-0.39, 0.29) is 4.42 Å². The number of nitrogens with zero attached hydrogens (tertiary/aromatic N) is 1. The van der Waals surface area contributed by atoms with Crippen LogP contribution in [-0.2, 0) is 4.79 Å². The molecule has 0 aliphatic rings. The van der Waals surface area contributed by atoms with Crippen molar-refractivity contribution >= 4 is 47.0 Å². The second-order valence-electron chi connectivity index (χ2n) is 1.20. The SMILES string of the molecule is O=C(O)N(Cl)C(=O)C(Cl)Cl. The smallest absolute Gasteiger partial charge is 0.429 e. The Labute approximate surface area is 71.4 Å². The van der Waals surface area contributed by atoms with Gasteiger partial charge in [-0.25, -0.2) is 4.79 Å². The number of halogens is 3. The average Bonchev–Trinajstić information content (AvgIpc) is 1.84. The van der Waals surface area contributed by atoms with Crippen LogP contribution in [0.1, 0.15) is 0 Å². The van der Waals surface area contributed by atoms with Gasteiger partial charge in [-0.15, -0.1) is 0 Å². The molecule has 0 radical (unpaired) electrons. The van der Waals surface area contributed by atoms with Gasteiger partial charge in [0.1, 0.15) is 0 Å². The molecular formula is C3H2Cl3NO3. The van der Waals surface area contributed by atoms with Gasteiger partial charge in [0.15, 0.2) is 4.84 Å². The van der Waals surface area contributed by atoms with E-state index in [2.05, 4.69) is 0 Å². The molecule has 0 saturated carbocycles. The number of carbonyl (C=O) groups excluding carboxylic acids is 1. The molecule has 0 spiro atoms. The van der Waals surface area contributed by atoms with Gasteiger partial charge in [-0.3, -0.25) is 4.79 Å². The highest BCUT2D eigenvalue weighted by Gasteiger charge is 2.23. The maximum absolute atomic E-state index is 10.4. The molecular weight excluding hydrogens is 204 g/mol. The highest BCUT2D eigenvalue weighted by molar-refractivity contribution is 6.55. The summed E-state index contributed by atoms with van der Waals surface area (Å²) in [5.41, 5.74) is 0. The fraction of sp³-hybridized carbons (Fsp3) is 0.333. The monoisotopic (exact) mass is 205 g/mol. The molecule has 0 aromatic heterocycles. The van der Waals surface area contributed by atoms with Crippen LogP contribution in [0.2, 0.25) is 0 Å². The second-order valence-corrected chi connectivity index (χ2v) is 2.64. The predicted octanol–water partition coefficient (Wildman–Crippen LogP) is 1.45. The zero-order valence-electron chi connectivity index (χ0n) is 4.42. The van der Waals surface area contributed by atoms with E-state index in [1.165, 1.54) is 0 Å². The van der Waals surface area contributed by atoms with E-state index in [0.29, 0.717) is 0 Å². The number of carbonyl (C=O) groups is 2. The Morgan fingerprint density at radius 2 is 1.80 bits per heavy atom. The van der Waals surface area contributed by atoms with Gasteiger partial charge in [0.2, 0.25) is 0 Å². The van der Waals surface area contributed by atoms with Crippen LogP contribution < -0.4 is 0 Å².